The number of aromatic amines is 1. The minimum atomic E-state index is -1.58. The van der Waals surface area contributed by atoms with Crippen molar-refractivity contribution in [1.82, 2.24) is 14.8 Å². The summed E-state index contributed by atoms with van der Waals surface area (Å²) < 4.78 is 39.8. The van der Waals surface area contributed by atoms with Crippen molar-refractivity contribution in [2.45, 2.75) is 6.42 Å². The van der Waals surface area contributed by atoms with Crippen LogP contribution in [0.4, 0.5) is 13.2 Å². The molecule has 0 radical (unpaired) electrons. The number of amides is 2. The highest BCUT2D eigenvalue weighted by Gasteiger charge is 2.26. The first-order chi connectivity index (χ1) is 12.0. The van der Waals surface area contributed by atoms with Crippen molar-refractivity contribution >= 4 is 11.8 Å². The maximum Gasteiger partial charge on any atom is 0.270 e. The molecule has 132 valence electrons. The van der Waals surface area contributed by atoms with Crippen molar-refractivity contribution < 1.29 is 22.8 Å². The van der Waals surface area contributed by atoms with Gasteiger partial charge >= 0.3 is 0 Å². The highest BCUT2D eigenvalue weighted by atomic mass is 19.2. The standard InChI is InChI=1S/C17H16F3N3O2/c18-12-4-3-11(15(19)16(12)20)10-14(24)22-6-8-23(9-7-22)17(25)13-2-1-5-21-13/h1-5,21H,6-10H2. The van der Waals surface area contributed by atoms with Crippen LogP contribution in [0.5, 0.6) is 0 Å². The van der Waals surface area contributed by atoms with Crippen LogP contribution < -0.4 is 0 Å². The van der Waals surface area contributed by atoms with Crippen molar-refractivity contribution in [1.29, 1.82) is 0 Å². The molecule has 1 aromatic carbocycles. The molecule has 25 heavy (non-hydrogen) atoms. The number of halogens is 3. The minimum absolute atomic E-state index is 0.149. The molecule has 0 bridgehead atoms. The van der Waals surface area contributed by atoms with E-state index in [-0.39, 0.29) is 17.9 Å². The second-order valence-electron chi connectivity index (χ2n) is 5.77. The van der Waals surface area contributed by atoms with Crippen LogP contribution in [-0.4, -0.2) is 52.8 Å². The van der Waals surface area contributed by atoms with Crippen LogP contribution >= 0.6 is 0 Å². The van der Waals surface area contributed by atoms with E-state index >= 15 is 0 Å². The summed E-state index contributed by atoms with van der Waals surface area (Å²) in [7, 11) is 0. The summed E-state index contributed by atoms with van der Waals surface area (Å²) in [6.45, 7) is 1.31. The fourth-order valence-corrected chi connectivity index (χ4v) is 2.77. The summed E-state index contributed by atoms with van der Waals surface area (Å²) in [6, 6.07) is 5.26. The Morgan fingerprint density at radius 2 is 1.64 bits per heavy atom. The summed E-state index contributed by atoms with van der Waals surface area (Å²) in [6.07, 6.45) is 1.30. The number of nitrogens with one attached hydrogen (secondary N) is 1. The predicted molar refractivity (Wildman–Crippen MR) is 83.3 cm³/mol. The molecule has 8 heteroatoms. The van der Waals surface area contributed by atoms with Gasteiger partial charge in [-0.05, 0) is 18.2 Å². The summed E-state index contributed by atoms with van der Waals surface area (Å²) in [4.78, 5) is 30.4. The Kier molecular flexibility index (Phi) is 4.78. The number of carbonyl (C=O) groups excluding carboxylic acids is 2. The van der Waals surface area contributed by atoms with E-state index < -0.39 is 23.4 Å². The molecule has 2 amide bonds. The molecule has 0 spiro atoms. The van der Waals surface area contributed by atoms with Crippen LogP contribution in [0, 0.1) is 17.5 Å². The van der Waals surface area contributed by atoms with Gasteiger partial charge in [0.2, 0.25) is 5.91 Å². The second-order valence-corrected chi connectivity index (χ2v) is 5.77. The van der Waals surface area contributed by atoms with Crippen LogP contribution in [0.25, 0.3) is 0 Å². The molecule has 1 aliphatic rings. The number of aromatic nitrogens is 1. The third-order valence-electron chi connectivity index (χ3n) is 4.20. The highest BCUT2D eigenvalue weighted by Crippen LogP contribution is 2.17. The van der Waals surface area contributed by atoms with E-state index in [1.807, 2.05) is 0 Å². The summed E-state index contributed by atoms with van der Waals surface area (Å²) >= 11 is 0. The maximum atomic E-state index is 13.7. The number of rotatable bonds is 3. The molecule has 2 heterocycles. The van der Waals surface area contributed by atoms with E-state index in [4.69, 9.17) is 0 Å². The van der Waals surface area contributed by atoms with E-state index in [1.54, 1.807) is 23.2 Å². The first-order valence-electron chi connectivity index (χ1n) is 7.80. The van der Waals surface area contributed by atoms with Gasteiger partial charge in [-0.25, -0.2) is 13.2 Å². The van der Waals surface area contributed by atoms with Gasteiger partial charge in [-0.15, -0.1) is 0 Å². The van der Waals surface area contributed by atoms with Gasteiger partial charge in [0.05, 0.1) is 6.42 Å². The molecule has 1 aliphatic heterocycles. The Labute approximate surface area is 142 Å². The Balaban J connectivity index is 1.59. The Bertz CT molecular complexity index is 785. The minimum Gasteiger partial charge on any atom is -0.357 e. The summed E-state index contributed by atoms with van der Waals surface area (Å²) in [5, 5.41) is 0. The molecule has 1 saturated heterocycles. The Morgan fingerprint density at radius 1 is 0.960 bits per heavy atom. The van der Waals surface area contributed by atoms with Crippen LogP contribution in [0.15, 0.2) is 30.5 Å². The fraction of sp³-hybridized carbons (Fsp3) is 0.294. The first kappa shape index (κ1) is 17.1. The Hall–Kier alpha value is -2.77. The Morgan fingerprint density at radius 3 is 2.28 bits per heavy atom. The number of piperazine rings is 1. The molecular formula is C17H16F3N3O2. The van der Waals surface area contributed by atoms with Crippen molar-refractivity contribution in [3.05, 3.63) is 59.2 Å². The number of benzene rings is 1. The molecule has 1 aromatic heterocycles. The van der Waals surface area contributed by atoms with E-state index in [1.165, 1.54) is 4.90 Å². The van der Waals surface area contributed by atoms with E-state index in [2.05, 4.69) is 4.98 Å². The zero-order valence-corrected chi connectivity index (χ0v) is 13.3. The van der Waals surface area contributed by atoms with E-state index in [0.717, 1.165) is 12.1 Å². The lowest BCUT2D eigenvalue weighted by Crippen LogP contribution is -2.51. The topological polar surface area (TPSA) is 56.4 Å². The van der Waals surface area contributed by atoms with Crippen LogP contribution in [0.1, 0.15) is 16.1 Å². The average molecular weight is 351 g/mol. The van der Waals surface area contributed by atoms with Gasteiger partial charge in [0.15, 0.2) is 17.5 Å². The molecule has 0 atom stereocenters. The van der Waals surface area contributed by atoms with Crippen molar-refractivity contribution in [3.63, 3.8) is 0 Å². The van der Waals surface area contributed by atoms with Crippen LogP contribution in [-0.2, 0) is 11.2 Å². The molecule has 3 rings (SSSR count). The SMILES string of the molecule is O=C(Cc1ccc(F)c(F)c1F)N1CCN(C(=O)c2ccc[nH]2)CC1. The molecule has 2 aromatic rings. The number of hydrogen-bond donors (Lipinski definition) is 1. The molecular weight excluding hydrogens is 335 g/mol. The average Bonchev–Trinajstić information content (AvgIpc) is 3.16. The first-order valence-corrected chi connectivity index (χ1v) is 7.80. The normalized spacial score (nSPS) is 14.7. The maximum absolute atomic E-state index is 13.7. The number of carbonyl (C=O) groups is 2. The molecule has 1 N–H and O–H groups in total. The molecule has 0 saturated carbocycles. The third kappa shape index (κ3) is 3.52. The lowest BCUT2D eigenvalue weighted by atomic mass is 10.1. The quantitative estimate of drug-likeness (QED) is 0.860. The molecule has 5 nitrogen and oxygen atoms in total. The molecule has 0 aliphatic carbocycles. The lowest BCUT2D eigenvalue weighted by Gasteiger charge is -2.34. The number of H-pyrrole nitrogens is 1. The summed E-state index contributed by atoms with van der Waals surface area (Å²) in [5.74, 6) is -4.74. The van der Waals surface area contributed by atoms with E-state index in [0.29, 0.717) is 31.9 Å². The van der Waals surface area contributed by atoms with Gasteiger partial charge in [-0.2, -0.15) is 0 Å². The van der Waals surface area contributed by atoms with Crippen molar-refractivity contribution in [2.24, 2.45) is 0 Å². The number of hydrogen-bond acceptors (Lipinski definition) is 2. The predicted octanol–water partition coefficient (Wildman–Crippen LogP) is 1.96. The zero-order chi connectivity index (χ0) is 18.0. The monoisotopic (exact) mass is 351 g/mol. The number of nitrogens with zero attached hydrogens (tertiary/aromatic N) is 2. The van der Waals surface area contributed by atoms with Gasteiger partial charge in [-0.1, -0.05) is 6.07 Å². The highest BCUT2D eigenvalue weighted by molar-refractivity contribution is 5.92. The van der Waals surface area contributed by atoms with Crippen LogP contribution in [0.3, 0.4) is 0 Å². The summed E-state index contributed by atoms with van der Waals surface area (Å²) in [5.41, 5.74) is 0.289. The second kappa shape index (κ2) is 7.00. The molecule has 1 fully saturated rings. The van der Waals surface area contributed by atoms with Crippen molar-refractivity contribution in [3.8, 4) is 0 Å². The van der Waals surface area contributed by atoms with E-state index in [9.17, 15) is 22.8 Å². The smallest absolute Gasteiger partial charge is 0.270 e. The van der Waals surface area contributed by atoms with Gasteiger partial charge in [0, 0.05) is 37.9 Å². The zero-order valence-electron chi connectivity index (χ0n) is 13.3. The van der Waals surface area contributed by atoms with Gasteiger partial charge < -0.3 is 14.8 Å². The fourth-order valence-electron chi connectivity index (χ4n) is 2.77. The van der Waals surface area contributed by atoms with Crippen LogP contribution in [0.2, 0.25) is 0 Å². The third-order valence-corrected chi connectivity index (χ3v) is 4.20. The van der Waals surface area contributed by atoms with Gasteiger partial charge in [0.25, 0.3) is 5.91 Å². The largest absolute Gasteiger partial charge is 0.357 e. The van der Waals surface area contributed by atoms with Gasteiger partial charge in [-0.3, -0.25) is 9.59 Å². The van der Waals surface area contributed by atoms with Gasteiger partial charge in [0.1, 0.15) is 5.69 Å². The lowest BCUT2D eigenvalue weighted by molar-refractivity contribution is -0.132. The molecule has 0 unspecified atom stereocenters. The van der Waals surface area contributed by atoms with Crippen molar-refractivity contribution in [2.75, 3.05) is 26.2 Å².